The first kappa shape index (κ1) is 66.2. The highest BCUT2D eigenvalue weighted by Gasteiger charge is 2.19. The number of ether oxygens (including phenoxy) is 3. The van der Waals surface area contributed by atoms with Crippen LogP contribution < -0.4 is 0 Å². The summed E-state index contributed by atoms with van der Waals surface area (Å²) in [6, 6.07) is 0. The maximum absolute atomic E-state index is 12.8. The maximum Gasteiger partial charge on any atom is 0.306 e. The van der Waals surface area contributed by atoms with Crippen molar-refractivity contribution < 1.29 is 28.6 Å². The third-order valence-corrected chi connectivity index (χ3v) is 14.0. The van der Waals surface area contributed by atoms with Gasteiger partial charge in [-0.2, -0.15) is 0 Å². The third kappa shape index (κ3) is 55.1. The molecule has 0 bridgehead atoms. The van der Waals surface area contributed by atoms with E-state index < -0.39 is 6.10 Å². The van der Waals surface area contributed by atoms with E-state index in [1.165, 1.54) is 244 Å². The Morgan fingerprint density at radius 3 is 0.735 bits per heavy atom. The highest BCUT2D eigenvalue weighted by molar-refractivity contribution is 5.71. The molecule has 0 saturated carbocycles. The second kappa shape index (κ2) is 57.7. The predicted octanol–water partition coefficient (Wildman–Crippen LogP) is 20.5. The van der Waals surface area contributed by atoms with Crippen LogP contribution in [0, 0.1) is 0 Å². The smallest absolute Gasteiger partial charge is 0.306 e. The normalized spacial score (nSPS) is 12.0. The Bertz CT molecular complexity index is 1060. The summed E-state index contributed by atoms with van der Waals surface area (Å²) >= 11 is 0. The highest BCUT2D eigenvalue weighted by atomic mass is 16.6. The molecule has 0 radical (unpaired) electrons. The van der Waals surface area contributed by atoms with Gasteiger partial charge in [-0.05, 0) is 44.9 Å². The zero-order chi connectivity index (χ0) is 49.3. The van der Waals surface area contributed by atoms with Crippen molar-refractivity contribution in [3.8, 4) is 0 Å². The highest BCUT2D eigenvalue weighted by Crippen LogP contribution is 2.18. The van der Waals surface area contributed by atoms with Crippen molar-refractivity contribution >= 4 is 17.9 Å². The largest absolute Gasteiger partial charge is 0.462 e. The molecule has 0 aromatic rings. The maximum atomic E-state index is 12.8. The molecule has 0 aliphatic heterocycles. The fraction of sp³-hybridized carbons (Fsp3) is 0.919. The van der Waals surface area contributed by atoms with Crippen molar-refractivity contribution in [3.05, 3.63) is 12.2 Å². The van der Waals surface area contributed by atoms with Gasteiger partial charge < -0.3 is 14.2 Å². The summed E-state index contributed by atoms with van der Waals surface area (Å²) in [5.41, 5.74) is 0. The molecule has 1 unspecified atom stereocenters. The third-order valence-electron chi connectivity index (χ3n) is 14.0. The number of allylic oxidation sites excluding steroid dienone is 2. The lowest BCUT2D eigenvalue weighted by atomic mass is 10.0. The number of carbonyl (C=O) groups is 3. The number of hydrogen-bond acceptors (Lipinski definition) is 6. The van der Waals surface area contributed by atoms with Crippen LogP contribution in [0.2, 0.25) is 0 Å². The van der Waals surface area contributed by atoms with E-state index in [-0.39, 0.29) is 31.1 Å². The average molecular weight is 960 g/mol. The predicted molar refractivity (Wildman–Crippen MR) is 293 cm³/mol. The van der Waals surface area contributed by atoms with E-state index >= 15 is 0 Å². The van der Waals surface area contributed by atoms with Crippen molar-refractivity contribution in [1.29, 1.82) is 0 Å². The molecular weight excluding hydrogens is 841 g/mol. The first-order valence-corrected chi connectivity index (χ1v) is 30.7. The molecule has 0 heterocycles. The van der Waals surface area contributed by atoms with Crippen LogP contribution in [-0.4, -0.2) is 37.2 Å². The van der Waals surface area contributed by atoms with Crippen LogP contribution in [0.5, 0.6) is 0 Å². The van der Waals surface area contributed by atoms with Crippen molar-refractivity contribution in [2.24, 2.45) is 0 Å². The molecule has 0 amide bonds. The van der Waals surface area contributed by atoms with Gasteiger partial charge in [0.05, 0.1) is 0 Å². The van der Waals surface area contributed by atoms with Gasteiger partial charge in [0.2, 0.25) is 0 Å². The van der Waals surface area contributed by atoms with E-state index in [1.54, 1.807) is 0 Å². The van der Waals surface area contributed by atoms with Crippen LogP contribution in [0.4, 0.5) is 0 Å². The summed E-state index contributed by atoms with van der Waals surface area (Å²) in [6.07, 6.45) is 66.9. The van der Waals surface area contributed by atoms with E-state index in [0.29, 0.717) is 19.3 Å². The summed E-state index contributed by atoms with van der Waals surface area (Å²) in [6.45, 7) is 6.63. The molecule has 1 atom stereocenters. The summed E-state index contributed by atoms with van der Waals surface area (Å²) in [7, 11) is 0. The molecule has 0 aliphatic carbocycles. The SMILES string of the molecule is CCCCCCCCC/C=C\CCCCCCCC(=O)OC(COC(=O)CCCCCCCC)COC(=O)CCCCCCCCCCCCCCCCCCCCCCCCCCCCCC. The number of rotatable bonds is 57. The zero-order valence-corrected chi connectivity index (χ0v) is 46.2. The van der Waals surface area contributed by atoms with Gasteiger partial charge in [0.1, 0.15) is 13.2 Å². The van der Waals surface area contributed by atoms with Gasteiger partial charge in [-0.3, -0.25) is 14.4 Å². The van der Waals surface area contributed by atoms with Crippen LogP contribution in [0.15, 0.2) is 12.2 Å². The summed E-state index contributed by atoms with van der Waals surface area (Å²) in [4.78, 5) is 37.9. The topological polar surface area (TPSA) is 78.9 Å². The van der Waals surface area contributed by atoms with Gasteiger partial charge >= 0.3 is 17.9 Å². The molecule has 0 aromatic heterocycles. The van der Waals surface area contributed by atoms with Crippen molar-refractivity contribution in [2.45, 2.75) is 354 Å². The van der Waals surface area contributed by atoms with Gasteiger partial charge in [0.15, 0.2) is 6.10 Å². The summed E-state index contributed by atoms with van der Waals surface area (Å²) < 4.78 is 16.8. The fourth-order valence-electron chi connectivity index (χ4n) is 9.38. The molecule has 402 valence electrons. The van der Waals surface area contributed by atoms with Gasteiger partial charge in [-0.1, -0.05) is 296 Å². The molecule has 0 fully saturated rings. The lowest BCUT2D eigenvalue weighted by molar-refractivity contribution is -0.167. The Labute approximate surface area is 424 Å². The molecule has 0 aromatic carbocycles. The molecule has 6 nitrogen and oxygen atoms in total. The van der Waals surface area contributed by atoms with Crippen molar-refractivity contribution in [1.82, 2.24) is 0 Å². The van der Waals surface area contributed by atoms with Crippen LogP contribution in [-0.2, 0) is 28.6 Å². The molecule has 0 spiro atoms. The molecule has 6 heteroatoms. The van der Waals surface area contributed by atoms with E-state index in [9.17, 15) is 14.4 Å². The van der Waals surface area contributed by atoms with E-state index in [4.69, 9.17) is 14.2 Å². The van der Waals surface area contributed by atoms with Crippen LogP contribution >= 0.6 is 0 Å². The van der Waals surface area contributed by atoms with Crippen LogP contribution in [0.3, 0.4) is 0 Å². The lowest BCUT2D eigenvalue weighted by Gasteiger charge is -2.18. The molecule has 0 aliphatic rings. The first-order valence-electron chi connectivity index (χ1n) is 30.7. The van der Waals surface area contributed by atoms with E-state index in [2.05, 4.69) is 32.9 Å². The Balaban J connectivity index is 3.98. The molecule has 0 rings (SSSR count). The number of hydrogen-bond donors (Lipinski definition) is 0. The standard InChI is InChI=1S/C62H118O6/c1-4-7-10-13-16-18-20-22-24-26-27-28-29-30-31-32-33-34-35-36-37-39-40-42-44-46-49-52-55-61(64)67-58-59(57-66-60(63)54-51-48-15-12-9-6-3)68-62(65)56-53-50-47-45-43-41-38-25-23-21-19-17-14-11-8-5-2/h25,38,59H,4-24,26-37,39-58H2,1-3H3/b38-25-. The summed E-state index contributed by atoms with van der Waals surface area (Å²) in [5.74, 6) is -0.865. The van der Waals surface area contributed by atoms with Crippen molar-refractivity contribution in [3.63, 3.8) is 0 Å². The van der Waals surface area contributed by atoms with E-state index in [1.807, 2.05) is 0 Å². The number of unbranched alkanes of at least 4 members (excludes halogenated alkanes) is 44. The summed E-state index contributed by atoms with van der Waals surface area (Å²) in [5, 5.41) is 0. The molecule has 68 heavy (non-hydrogen) atoms. The minimum absolute atomic E-state index is 0.0686. The zero-order valence-electron chi connectivity index (χ0n) is 46.2. The lowest BCUT2D eigenvalue weighted by Crippen LogP contribution is -2.30. The van der Waals surface area contributed by atoms with Gasteiger partial charge in [0.25, 0.3) is 0 Å². The average Bonchev–Trinajstić information content (AvgIpc) is 3.34. The minimum atomic E-state index is -0.767. The Morgan fingerprint density at radius 1 is 0.279 bits per heavy atom. The molecular formula is C62H118O6. The van der Waals surface area contributed by atoms with Gasteiger partial charge in [0, 0.05) is 19.3 Å². The van der Waals surface area contributed by atoms with Crippen LogP contribution in [0.1, 0.15) is 348 Å². The fourth-order valence-corrected chi connectivity index (χ4v) is 9.38. The molecule has 0 N–H and O–H groups in total. The second-order valence-corrected chi connectivity index (χ2v) is 21.0. The second-order valence-electron chi connectivity index (χ2n) is 21.0. The van der Waals surface area contributed by atoms with E-state index in [0.717, 1.165) is 64.2 Å². The monoisotopic (exact) mass is 959 g/mol. The molecule has 0 saturated heterocycles. The Morgan fingerprint density at radius 2 is 0.485 bits per heavy atom. The Hall–Kier alpha value is -1.85. The Kier molecular flexibility index (Phi) is 56.2. The van der Waals surface area contributed by atoms with Crippen LogP contribution in [0.25, 0.3) is 0 Å². The quantitative estimate of drug-likeness (QED) is 0.0262. The van der Waals surface area contributed by atoms with Crippen molar-refractivity contribution in [2.75, 3.05) is 13.2 Å². The first-order chi connectivity index (χ1) is 33.5. The number of carbonyl (C=O) groups excluding carboxylic acids is 3. The minimum Gasteiger partial charge on any atom is -0.462 e. The number of esters is 3. The van der Waals surface area contributed by atoms with Gasteiger partial charge in [-0.25, -0.2) is 0 Å². The van der Waals surface area contributed by atoms with Gasteiger partial charge in [-0.15, -0.1) is 0 Å².